The molecule has 4 rings (SSSR count). The largest absolute Gasteiger partial charge is 0.495 e. The number of nitrogens with one attached hydrogen (secondary N) is 3. The Balaban J connectivity index is 1.52. The van der Waals surface area contributed by atoms with Gasteiger partial charge < -0.3 is 30.5 Å². The highest BCUT2D eigenvalue weighted by Gasteiger charge is 2.24. The summed E-state index contributed by atoms with van der Waals surface area (Å²) in [5.74, 6) is -1.06. The number of carbonyl (C=O) groups is 2. The highest BCUT2D eigenvalue weighted by atomic mass is 19.1. The van der Waals surface area contributed by atoms with Crippen molar-refractivity contribution >= 4 is 34.7 Å². The lowest BCUT2D eigenvalue weighted by Gasteiger charge is -2.38. The number of urea groups is 1. The Kier molecular flexibility index (Phi) is 8.85. The van der Waals surface area contributed by atoms with Gasteiger partial charge in [-0.05, 0) is 55.8 Å². The number of halogens is 2. The van der Waals surface area contributed by atoms with Gasteiger partial charge in [-0.25, -0.2) is 13.6 Å². The van der Waals surface area contributed by atoms with Crippen molar-refractivity contribution in [2.75, 3.05) is 53.7 Å². The predicted octanol–water partition coefficient (Wildman–Crippen LogP) is 5.47. The molecule has 1 aliphatic heterocycles. The molecule has 3 aromatic carbocycles. The van der Waals surface area contributed by atoms with E-state index in [0.29, 0.717) is 30.4 Å². The highest BCUT2D eigenvalue weighted by Crippen LogP contribution is 2.31. The first kappa shape index (κ1) is 27.7. The van der Waals surface area contributed by atoms with Crippen LogP contribution >= 0.6 is 0 Å². The third kappa shape index (κ3) is 6.76. The summed E-state index contributed by atoms with van der Waals surface area (Å²) in [5.41, 5.74) is 2.41. The summed E-state index contributed by atoms with van der Waals surface area (Å²) in [5, 5.41) is 8.00. The molecule has 0 aromatic heterocycles. The number of nitrogens with zero attached hydrogens (tertiary/aromatic N) is 2. The molecule has 3 aromatic rings. The van der Waals surface area contributed by atoms with Crippen molar-refractivity contribution in [2.45, 2.75) is 26.3 Å². The second-order valence-corrected chi connectivity index (χ2v) is 9.36. The van der Waals surface area contributed by atoms with E-state index in [4.69, 9.17) is 4.74 Å². The monoisotopic (exact) mass is 537 g/mol. The maximum absolute atomic E-state index is 14.0. The topological polar surface area (TPSA) is 85.9 Å². The number of ether oxygens (including phenoxy) is 1. The van der Waals surface area contributed by atoms with Crippen LogP contribution in [-0.2, 0) is 0 Å². The minimum atomic E-state index is -0.888. The number of carbonyl (C=O) groups excluding carboxylic acids is 2. The molecule has 39 heavy (non-hydrogen) atoms. The second kappa shape index (κ2) is 12.5. The fraction of sp³-hybridized carbons (Fsp3) is 0.310. The molecule has 1 heterocycles. The average molecular weight is 538 g/mol. The molecule has 10 heteroatoms. The number of hydrogen-bond donors (Lipinski definition) is 3. The van der Waals surface area contributed by atoms with Gasteiger partial charge in [0.1, 0.15) is 17.4 Å². The van der Waals surface area contributed by atoms with Crippen molar-refractivity contribution in [3.8, 4) is 5.75 Å². The lowest BCUT2D eigenvalue weighted by atomic mass is 10.1. The number of methoxy groups -OCH3 is 1. The first-order valence-electron chi connectivity index (χ1n) is 12.9. The third-order valence-electron chi connectivity index (χ3n) is 6.71. The van der Waals surface area contributed by atoms with E-state index < -0.39 is 17.7 Å². The molecule has 1 atom stereocenters. The fourth-order valence-electron chi connectivity index (χ4n) is 4.43. The zero-order chi connectivity index (χ0) is 27.9. The van der Waals surface area contributed by atoms with E-state index in [0.717, 1.165) is 48.8 Å². The Bertz CT molecular complexity index is 1330. The number of para-hydroxylation sites is 2. The summed E-state index contributed by atoms with van der Waals surface area (Å²) in [7, 11) is 1.66. The van der Waals surface area contributed by atoms with Crippen molar-refractivity contribution in [1.82, 2.24) is 5.32 Å². The molecule has 206 valence electrons. The maximum atomic E-state index is 14.0. The van der Waals surface area contributed by atoms with Crippen LogP contribution in [0.15, 0.2) is 60.7 Å². The van der Waals surface area contributed by atoms with Gasteiger partial charge in [0, 0.05) is 49.7 Å². The van der Waals surface area contributed by atoms with Crippen molar-refractivity contribution in [1.29, 1.82) is 0 Å². The number of amides is 3. The summed E-state index contributed by atoms with van der Waals surface area (Å²) in [6.45, 7) is 6.74. The quantitative estimate of drug-likeness (QED) is 0.355. The molecule has 0 radical (unpaired) electrons. The molecule has 0 saturated carbocycles. The van der Waals surface area contributed by atoms with Gasteiger partial charge in [-0.1, -0.05) is 19.1 Å². The Labute approximate surface area is 226 Å². The molecule has 8 nitrogen and oxygen atoms in total. The van der Waals surface area contributed by atoms with E-state index in [1.54, 1.807) is 25.3 Å². The van der Waals surface area contributed by atoms with Crippen molar-refractivity contribution in [3.05, 3.63) is 77.9 Å². The van der Waals surface area contributed by atoms with E-state index >= 15 is 0 Å². The number of anilines is 4. The van der Waals surface area contributed by atoms with E-state index in [9.17, 15) is 18.4 Å². The Morgan fingerprint density at radius 3 is 2.28 bits per heavy atom. The van der Waals surface area contributed by atoms with Gasteiger partial charge in [0.2, 0.25) is 0 Å². The normalized spacial score (nSPS) is 14.0. The minimum absolute atomic E-state index is 0.0332. The fourth-order valence-corrected chi connectivity index (χ4v) is 4.43. The van der Waals surface area contributed by atoms with Gasteiger partial charge in [0.05, 0.1) is 24.0 Å². The van der Waals surface area contributed by atoms with Crippen molar-refractivity contribution in [2.24, 2.45) is 0 Å². The van der Waals surface area contributed by atoms with Crippen LogP contribution in [0.3, 0.4) is 0 Å². The van der Waals surface area contributed by atoms with E-state index in [1.165, 1.54) is 0 Å². The molecule has 1 fully saturated rings. The molecular weight excluding hydrogens is 504 g/mol. The smallest absolute Gasteiger partial charge is 0.323 e. The number of hydrogen-bond acceptors (Lipinski definition) is 5. The van der Waals surface area contributed by atoms with Crippen LogP contribution in [0.5, 0.6) is 5.75 Å². The first-order chi connectivity index (χ1) is 18.8. The number of rotatable bonds is 8. The zero-order valence-electron chi connectivity index (χ0n) is 22.3. The van der Waals surface area contributed by atoms with Crippen LogP contribution in [-0.4, -0.2) is 51.3 Å². The maximum Gasteiger partial charge on any atom is 0.323 e. The van der Waals surface area contributed by atoms with Gasteiger partial charge in [0.15, 0.2) is 0 Å². The molecule has 0 bridgehead atoms. The molecule has 0 spiro atoms. The SMILES string of the molecule is CCC(C)NC(=O)c1cc(NC(=O)Nc2ccc(F)cc2F)ccc1N1CCN(c2ccccc2OC)CC1. The summed E-state index contributed by atoms with van der Waals surface area (Å²) in [6, 6.07) is 15.1. The molecule has 1 unspecified atom stereocenters. The third-order valence-corrected chi connectivity index (χ3v) is 6.71. The summed E-state index contributed by atoms with van der Waals surface area (Å²) >= 11 is 0. The lowest BCUT2D eigenvalue weighted by molar-refractivity contribution is 0.0939. The average Bonchev–Trinajstić information content (AvgIpc) is 2.94. The summed E-state index contributed by atoms with van der Waals surface area (Å²) in [6.07, 6.45) is 0.766. The summed E-state index contributed by atoms with van der Waals surface area (Å²) < 4.78 is 32.7. The van der Waals surface area contributed by atoms with Crippen LogP contribution in [0.25, 0.3) is 0 Å². The molecule has 0 aliphatic carbocycles. The van der Waals surface area contributed by atoms with Crippen molar-refractivity contribution < 1.29 is 23.1 Å². The van der Waals surface area contributed by atoms with E-state index in [2.05, 4.69) is 25.8 Å². The highest BCUT2D eigenvalue weighted by molar-refractivity contribution is 6.04. The minimum Gasteiger partial charge on any atom is -0.495 e. The van der Waals surface area contributed by atoms with E-state index in [-0.39, 0.29) is 17.6 Å². The van der Waals surface area contributed by atoms with Gasteiger partial charge in [0.25, 0.3) is 5.91 Å². The van der Waals surface area contributed by atoms with Crippen LogP contribution in [0.1, 0.15) is 30.6 Å². The first-order valence-corrected chi connectivity index (χ1v) is 12.9. The molecule has 3 N–H and O–H groups in total. The molecular formula is C29H33F2N5O3. The number of benzene rings is 3. The van der Waals surface area contributed by atoms with Gasteiger partial charge in [-0.15, -0.1) is 0 Å². The number of piperazine rings is 1. The van der Waals surface area contributed by atoms with Gasteiger partial charge in [-0.3, -0.25) is 4.79 Å². The van der Waals surface area contributed by atoms with Gasteiger partial charge >= 0.3 is 6.03 Å². The van der Waals surface area contributed by atoms with Crippen LogP contribution in [0.2, 0.25) is 0 Å². The second-order valence-electron chi connectivity index (χ2n) is 9.36. The lowest BCUT2D eigenvalue weighted by Crippen LogP contribution is -2.47. The van der Waals surface area contributed by atoms with Gasteiger partial charge in [-0.2, -0.15) is 0 Å². The predicted molar refractivity (Wildman–Crippen MR) is 150 cm³/mol. The Hall–Kier alpha value is -4.34. The molecule has 1 aliphatic rings. The van der Waals surface area contributed by atoms with E-state index in [1.807, 2.05) is 38.1 Å². The standard InChI is InChI=1S/C29H33F2N5O3/c1-4-19(2)32-28(37)22-18-21(33-29(38)34-24-11-9-20(30)17-23(24)31)10-12-25(22)35-13-15-36(16-14-35)26-7-5-6-8-27(26)39-3/h5-12,17-19H,4,13-16H2,1-3H3,(H,32,37)(H2,33,34,38). The molecule has 3 amide bonds. The van der Waals surface area contributed by atoms with Crippen molar-refractivity contribution in [3.63, 3.8) is 0 Å². The van der Waals surface area contributed by atoms with Crippen LogP contribution < -0.4 is 30.5 Å². The Morgan fingerprint density at radius 2 is 1.62 bits per heavy atom. The van der Waals surface area contributed by atoms with Crippen LogP contribution in [0.4, 0.5) is 36.3 Å². The van der Waals surface area contributed by atoms with Crippen LogP contribution in [0, 0.1) is 11.6 Å². The summed E-state index contributed by atoms with van der Waals surface area (Å²) in [4.78, 5) is 30.2. The zero-order valence-corrected chi connectivity index (χ0v) is 22.3. The molecule has 1 saturated heterocycles. The Morgan fingerprint density at radius 1 is 0.923 bits per heavy atom.